The van der Waals surface area contributed by atoms with E-state index in [1.165, 1.54) is 31.2 Å². The van der Waals surface area contributed by atoms with Gasteiger partial charge in [0, 0.05) is 0 Å². The normalized spacial score (nSPS) is 10.4. The summed E-state index contributed by atoms with van der Waals surface area (Å²) >= 11 is 0. The highest BCUT2D eigenvalue weighted by atomic mass is 16.5. The Morgan fingerprint density at radius 3 is 2.44 bits per heavy atom. The fourth-order valence-corrected chi connectivity index (χ4v) is 1.90. The fraction of sp³-hybridized carbons (Fsp3) is 0.571. The molecular weight excluding hydrogens is 198 g/mol. The minimum Gasteiger partial charge on any atom is -0.496 e. The average molecular weight is 221 g/mol. The third kappa shape index (κ3) is 4.67. The Bertz CT molecular complexity index is 286. The fourth-order valence-electron chi connectivity index (χ4n) is 1.90. The predicted octanol–water partition coefficient (Wildman–Crippen LogP) is 3.15. The number of methoxy groups -OCH3 is 1. The molecule has 0 atom stereocenters. The highest BCUT2D eigenvalue weighted by Crippen LogP contribution is 2.19. The maximum absolute atomic E-state index is 5.46. The van der Waals surface area contributed by atoms with Crippen LogP contribution in [0, 0.1) is 0 Å². The Kier molecular flexibility index (Phi) is 6.66. The van der Waals surface area contributed by atoms with Crippen molar-refractivity contribution in [1.82, 2.24) is 0 Å². The molecule has 0 aliphatic heterocycles. The SMILES string of the molecule is COc1ccccc1CCCCCCCN. The van der Waals surface area contributed by atoms with Crippen molar-refractivity contribution in [3.63, 3.8) is 0 Å². The molecule has 0 amide bonds. The second kappa shape index (κ2) is 8.17. The van der Waals surface area contributed by atoms with Crippen molar-refractivity contribution in [2.45, 2.75) is 38.5 Å². The van der Waals surface area contributed by atoms with Crippen LogP contribution >= 0.6 is 0 Å². The first kappa shape index (κ1) is 13.0. The van der Waals surface area contributed by atoms with E-state index in [1.807, 2.05) is 12.1 Å². The Morgan fingerprint density at radius 2 is 1.69 bits per heavy atom. The molecule has 0 saturated heterocycles. The van der Waals surface area contributed by atoms with Crippen LogP contribution in [0.15, 0.2) is 24.3 Å². The van der Waals surface area contributed by atoms with E-state index in [0.717, 1.165) is 25.1 Å². The van der Waals surface area contributed by atoms with Gasteiger partial charge in [0.15, 0.2) is 0 Å². The quantitative estimate of drug-likeness (QED) is 0.684. The second-order valence-electron chi connectivity index (χ2n) is 4.12. The summed E-state index contributed by atoms with van der Waals surface area (Å²) in [5.41, 5.74) is 6.78. The highest BCUT2D eigenvalue weighted by molar-refractivity contribution is 5.33. The van der Waals surface area contributed by atoms with Crippen LogP contribution < -0.4 is 10.5 Å². The van der Waals surface area contributed by atoms with E-state index in [-0.39, 0.29) is 0 Å². The van der Waals surface area contributed by atoms with Gasteiger partial charge in [-0.1, -0.05) is 37.5 Å². The Balaban J connectivity index is 2.21. The highest BCUT2D eigenvalue weighted by Gasteiger charge is 2.00. The third-order valence-corrected chi connectivity index (χ3v) is 2.84. The molecule has 0 bridgehead atoms. The van der Waals surface area contributed by atoms with Crippen LogP contribution in [-0.4, -0.2) is 13.7 Å². The van der Waals surface area contributed by atoms with Crippen molar-refractivity contribution in [2.75, 3.05) is 13.7 Å². The zero-order valence-corrected chi connectivity index (χ0v) is 10.2. The van der Waals surface area contributed by atoms with E-state index in [9.17, 15) is 0 Å². The molecule has 90 valence electrons. The number of hydrogen-bond acceptors (Lipinski definition) is 2. The van der Waals surface area contributed by atoms with Crippen molar-refractivity contribution in [1.29, 1.82) is 0 Å². The first-order valence-corrected chi connectivity index (χ1v) is 6.20. The minimum absolute atomic E-state index is 0.826. The number of benzene rings is 1. The lowest BCUT2D eigenvalue weighted by Crippen LogP contribution is -1.97. The lowest BCUT2D eigenvalue weighted by atomic mass is 10.0. The van der Waals surface area contributed by atoms with Gasteiger partial charge in [0.05, 0.1) is 7.11 Å². The molecule has 2 heteroatoms. The maximum atomic E-state index is 5.46. The van der Waals surface area contributed by atoms with Gasteiger partial charge in [0.1, 0.15) is 5.75 Å². The van der Waals surface area contributed by atoms with Gasteiger partial charge >= 0.3 is 0 Å². The largest absolute Gasteiger partial charge is 0.496 e. The van der Waals surface area contributed by atoms with Gasteiger partial charge < -0.3 is 10.5 Å². The number of ether oxygens (including phenoxy) is 1. The molecule has 0 saturated carbocycles. The zero-order valence-electron chi connectivity index (χ0n) is 10.2. The van der Waals surface area contributed by atoms with Crippen molar-refractivity contribution in [3.05, 3.63) is 29.8 Å². The van der Waals surface area contributed by atoms with E-state index >= 15 is 0 Å². The molecule has 0 aliphatic rings. The molecule has 1 aromatic carbocycles. The van der Waals surface area contributed by atoms with Crippen molar-refractivity contribution in [3.8, 4) is 5.75 Å². The standard InChI is InChI=1S/C14H23NO/c1-16-14-11-7-6-10-13(14)9-5-3-2-4-8-12-15/h6-7,10-11H,2-5,8-9,12,15H2,1H3. The van der Waals surface area contributed by atoms with Crippen LogP contribution in [0.5, 0.6) is 5.75 Å². The van der Waals surface area contributed by atoms with Gasteiger partial charge in [0.2, 0.25) is 0 Å². The summed E-state index contributed by atoms with van der Waals surface area (Å²) in [6, 6.07) is 8.28. The van der Waals surface area contributed by atoms with Gasteiger partial charge in [-0.05, 0) is 37.4 Å². The average Bonchev–Trinajstić information content (AvgIpc) is 2.34. The molecule has 0 unspecified atom stereocenters. The Hall–Kier alpha value is -1.02. The van der Waals surface area contributed by atoms with E-state index in [1.54, 1.807) is 7.11 Å². The van der Waals surface area contributed by atoms with Gasteiger partial charge in [-0.15, -0.1) is 0 Å². The summed E-state index contributed by atoms with van der Waals surface area (Å²) in [6.07, 6.45) is 7.37. The molecule has 2 nitrogen and oxygen atoms in total. The first-order chi connectivity index (χ1) is 7.88. The molecule has 2 N–H and O–H groups in total. The summed E-state index contributed by atoms with van der Waals surface area (Å²) < 4.78 is 5.32. The summed E-state index contributed by atoms with van der Waals surface area (Å²) in [4.78, 5) is 0. The number of aryl methyl sites for hydroxylation is 1. The molecular formula is C14H23NO. The Labute approximate surface area is 98.8 Å². The van der Waals surface area contributed by atoms with E-state index in [4.69, 9.17) is 10.5 Å². The summed E-state index contributed by atoms with van der Waals surface area (Å²) in [7, 11) is 1.74. The van der Waals surface area contributed by atoms with Crippen molar-refractivity contribution < 1.29 is 4.74 Å². The summed E-state index contributed by atoms with van der Waals surface area (Å²) in [5.74, 6) is 1.02. The second-order valence-corrected chi connectivity index (χ2v) is 4.12. The lowest BCUT2D eigenvalue weighted by Gasteiger charge is -2.07. The molecule has 0 radical (unpaired) electrons. The van der Waals surface area contributed by atoms with Crippen molar-refractivity contribution >= 4 is 0 Å². The number of nitrogens with two attached hydrogens (primary N) is 1. The molecule has 0 aliphatic carbocycles. The van der Waals surface area contributed by atoms with Crippen molar-refractivity contribution in [2.24, 2.45) is 5.73 Å². The first-order valence-electron chi connectivity index (χ1n) is 6.20. The van der Waals surface area contributed by atoms with E-state index in [0.29, 0.717) is 0 Å². The molecule has 0 fully saturated rings. The lowest BCUT2D eigenvalue weighted by molar-refractivity contribution is 0.408. The van der Waals surface area contributed by atoms with E-state index < -0.39 is 0 Å². The van der Waals surface area contributed by atoms with Gasteiger partial charge in [0.25, 0.3) is 0 Å². The zero-order chi connectivity index (χ0) is 11.6. The smallest absolute Gasteiger partial charge is 0.122 e. The van der Waals surface area contributed by atoms with Gasteiger partial charge in [-0.25, -0.2) is 0 Å². The van der Waals surface area contributed by atoms with Crippen LogP contribution in [0.1, 0.15) is 37.7 Å². The summed E-state index contributed by atoms with van der Waals surface area (Å²) in [6.45, 7) is 0.826. The molecule has 0 spiro atoms. The number of hydrogen-bond donors (Lipinski definition) is 1. The van der Waals surface area contributed by atoms with Gasteiger partial charge in [-0.2, -0.15) is 0 Å². The van der Waals surface area contributed by atoms with E-state index in [2.05, 4.69) is 12.1 Å². The molecule has 0 heterocycles. The number of rotatable bonds is 8. The maximum Gasteiger partial charge on any atom is 0.122 e. The minimum atomic E-state index is 0.826. The molecule has 1 aromatic rings. The van der Waals surface area contributed by atoms with Crippen LogP contribution in [-0.2, 0) is 6.42 Å². The molecule has 1 rings (SSSR count). The van der Waals surface area contributed by atoms with Crippen LogP contribution in [0.4, 0.5) is 0 Å². The molecule has 0 aromatic heterocycles. The predicted molar refractivity (Wildman–Crippen MR) is 68.8 cm³/mol. The topological polar surface area (TPSA) is 35.2 Å². The van der Waals surface area contributed by atoms with Crippen LogP contribution in [0.25, 0.3) is 0 Å². The van der Waals surface area contributed by atoms with Crippen LogP contribution in [0.2, 0.25) is 0 Å². The third-order valence-electron chi connectivity index (χ3n) is 2.84. The number of para-hydroxylation sites is 1. The summed E-state index contributed by atoms with van der Waals surface area (Å²) in [5, 5.41) is 0. The molecule has 16 heavy (non-hydrogen) atoms. The number of unbranched alkanes of at least 4 members (excludes halogenated alkanes) is 4. The Morgan fingerprint density at radius 1 is 1.00 bits per heavy atom. The van der Waals surface area contributed by atoms with Crippen LogP contribution in [0.3, 0.4) is 0 Å². The monoisotopic (exact) mass is 221 g/mol. The van der Waals surface area contributed by atoms with Gasteiger partial charge in [-0.3, -0.25) is 0 Å².